The Morgan fingerprint density at radius 2 is 2.00 bits per heavy atom. The largest absolute Gasteiger partial charge is 0.486 e. The van der Waals surface area contributed by atoms with Crippen LogP contribution >= 0.6 is 11.8 Å². The summed E-state index contributed by atoms with van der Waals surface area (Å²) in [5, 5.41) is 8.53. The molecule has 0 radical (unpaired) electrons. The van der Waals surface area contributed by atoms with E-state index in [9.17, 15) is 9.18 Å². The number of amides is 1. The number of anilines is 1. The van der Waals surface area contributed by atoms with Crippen LogP contribution in [0.25, 0.3) is 0 Å². The van der Waals surface area contributed by atoms with Gasteiger partial charge in [-0.3, -0.25) is 4.79 Å². The molecule has 1 atom stereocenters. The van der Waals surface area contributed by atoms with Crippen LogP contribution in [-0.2, 0) is 17.8 Å². The molecule has 2 N–H and O–H groups in total. The van der Waals surface area contributed by atoms with Gasteiger partial charge in [0.25, 0.3) is 0 Å². The molecule has 1 amide bonds. The normalized spacial score (nSPS) is 15.7. The van der Waals surface area contributed by atoms with Crippen LogP contribution < -0.4 is 15.5 Å². The van der Waals surface area contributed by atoms with E-state index in [1.165, 1.54) is 46.3 Å². The fourth-order valence-electron chi connectivity index (χ4n) is 3.45. The first-order valence-corrected chi connectivity index (χ1v) is 10.6. The van der Waals surface area contributed by atoms with Crippen molar-refractivity contribution in [3.63, 3.8) is 0 Å². The van der Waals surface area contributed by atoms with Gasteiger partial charge in [0.15, 0.2) is 5.82 Å². The summed E-state index contributed by atoms with van der Waals surface area (Å²) in [5.41, 5.74) is 2.17. The van der Waals surface area contributed by atoms with Crippen molar-refractivity contribution in [2.45, 2.75) is 37.6 Å². The highest BCUT2D eigenvalue weighted by atomic mass is 32.2. The Kier molecular flexibility index (Phi) is 5.89. The van der Waals surface area contributed by atoms with Crippen molar-refractivity contribution in [2.24, 2.45) is 0 Å². The standard InChI is InChI=1S/C21H22FN5O2S/c1-14-6-7-15-4-2-3-5-18(15)26(14)20(28)13-30-21-25-24-19(27(21)23)12-29-17-10-8-16(22)9-11-17/h2-5,8-11,14H,6-7,12-13,23H2,1H3. The van der Waals surface area contributed by atoms with Crippen molar-refractivity contribution < 1.29 is 13.9 Å². The Balaban J connectivity index is 1.38. The topological polar surface area (TPSA) is 86.3 Å². The van der Waals surface area contributed by atoms with Gasteiger partial charge < -0.3 is 15.5 Å². The Labute approximate surface area is 178 Å². The van der Waals surface area contributed by atoms with Crippen LogP contribution in [0, 0.1) is 5.82 Å². The zero-order valence-corrected chi connectivity index (χ0v) is 17.3. The molecule has 4 rings (SSSR count). The van der Waals surface area contributed by atoms with E-state index >= 15 is 0 Å². The van der Waals surface area contributed by atoms with Gasteiger partial charge in [-0.1, -0.05) is 30.0 Å². The molecule has 3 aromatic rings. The van der Waals surface area contributed by atoms with Gasteiger partial charge >= 0.3 is 0 Å². The number of aromatic nitrogens is 3. The number of benzene rings is 2. The van der Waals surface area contributed by atoms with Gasteiger partial charge in [-0.05, 0) is 55.7 Å². The summed E-state index contributed by atoms with van der Waals surface area (Å²) in [4.78, 5) is 14.8. The van der Waals surface area contributed by atoms with E-state index < -0.39 is 0 Å². The lowest BCUT2D eigenvalue weighted by Crippen LogP contribution is -2.43. The van der Waals surface area contributed by atoms with Crippen LogP contribution in [-0.4, -0.2) is 32.6 Å². The summed E-state index contributed by atoms with van der Waals surface area (Å²) >= 11 is 1.24. The predicted octanol–water partition coefficient (Wildman–Crippen LogP) is 3.17. The molecule has 0 aliphatic carbocycles. The Morgan fingerprint density at radius 1 is 1.23 bits per heavy atom. The zero-order chi connectivity index (χ0) is 21.1. The molecule has 1 unspecified atom stereocenters. The summed E-state index contributed by atoms with van der Waals surface area (Å²) in [6, 6.07) is 13.8. The zero-order valence-electron chi connectivity index (χ0n) is 16.5. The third-order valence-electron chi connectivity index (χ3n) is 5.03. The number of thioether (sulfide) groups is 1. The molecule has 0 bridgehead atoms. The fraction of sp³-hybridized carbons (Fsp3) is 0.286. The van der Waals surface area contributed by atoms with Gasteiger partial charge in [-0.25, -0.2) is 9.07 Å². The Bertz CT molecular complexity index is 1040. The molecule has 2 aromatic carbocycles. The van der Waals surface area contributed by atoms with Gasteiger partial charge in [0.05, 0.1) is 5.75 Å². The predicted molar refractivity (Wildman–Crippen MR) is 113 cm³/mol. The second-order valence-electron chi connectivity index (χ2n) is 7.08. The number of aryl methyl sites for hydroxylation is 1. The van der Waals surface area contributed by atoms with Crippen molar-refractivity contribution in [3.05, 3.63) is 65.7 Å². The maximum atomic E-state index is 13.0. The van der Waals surface area contributed by atoms with E-state index in [-0.39, 0.29) is 30.1 Å². The molecule has 2 heterocycles. The lowest BCUT2D eigenvalue weighted by molar-refractivity contribution is -0.116. The first-order chi connectivity index (χ1) is 14.5. The van der Waals surface area contributed by atoms with E-state index in [0.717, 1.165) is 18.5 Å². The van der Waals surface area contributed by atoms with E-state index in [2.05, 4.69) is 23.2 Å². The average Bonchev–Trinajstić information content (AvgIpc) is 3.11. The molecule has 0 fully saturated rings. The van der Waals surface area contributed by atoms with Crippen LogP contribution in [0.4, 0.5) is 10.1 Å². The van der Waals surface area contributed by atoms with Crippen LogP contribution in [0.5, 0.6) is 5.75 Å². The quantitative estimate of drug-likeness (QED) is 0.480. The maximum Gasteiger partial charge on any atom is 0.237 e. The molecule has 7 nitrogen and oxygen atoms in total. The second-order valence-corrected chi connectivity index (χ2v) is 8.02. The van der Waals surface area contributed by atoms with Crippen LogP contribution in [0.1, 0.15) is 24.7 Å². The third-order valence-corrected chi connectivity index (χ3v) is 5.96. The van der Waals surface area contributed by atoms with Crippen molar-refractivity contribution >= 4 is 23.4 Å². The van der Waals surface area contributed by atoms with Crippen LogP contribution in [0.3, 0.4) is 0 Å². The summed E-state index contributed by atoms with van der Waals surface area (Å²) in [6.07, 6.45) is 1.91. The van der Waals surface area contributed by atoms with Crippen LogP contribution in [0.2, 0.25) is 0 Å². The average molecular weight is 428 g/mol. The molecule has 156 valence electrons. The highest BCUT2D eigenvalue weighted by molar-refractivity contribution is 7.99. The number of carbonyl (C=O) groups excluding carboxylic acids is 1. The van der Waals surface area contributed by atoms with E-state index in [1.807, 2.05) is 23.1 Å². The van der Waals surface area contributed by atoms with Crippen LogP contribution in [0.15, 0.2) is 53.7 Å². The first kappa shape index (κ1) is 20.2. The number of fused-ring (bicyclic) bond motifs is 1. The summed E-state index contributed by atoms with van der Waals surface area (Å²) in [6.45, 7) is 2.15. The number of hydrogen-bond donors (Lipinski definition) is 1. The van der Waals surface area contributed by atoms with Crippen molar-refractivity contribution in [1.29, 1.82) is 0 Å². The molecular formula is C21H22FN5O2S. The number of rotatable bonds is 6. The molecule has 0 saturated heterocycles. The Hall–Kier alpha value is -3.07. The van der Waals surface area contributed by atoms with E-state index in [4.69, 9.17) is 10.6 Å². The SMILES string of the molecule is CC1CCc2ccccc2N1C(=O)CSc1nnc(COc2ccc(F)cc2)n1N. The molecule has 1 aliphatic rings. The van der Waals surface area contributed by atoms with Crippen molar-refractivity contribution in [3.8, 4) is 5.75 Å². The molecule has 0 spiro atoms. The molecule has 1 aromatic heterocycles. The number of carbonyl (C=O) groups is 1. The van der Waals surface area contributed by atoms with Gasteiger partial charge in [-0.2, -0.15) is 0 Å². The number of nitrogens with two attached hydrogens (primary N) is 1. The third kappa shape index (κ3) is 4.25. The molecule has 0 saturated carbocycles. The number of para-hydroxylation sites is 1. The highest BCUT2D eigenvalue weighted by Gasteiger charge is 2.28. The fourth-order valence-corrected chi connectivity index (χ4v) is 4.18. The second kappa shape index (κ2) is 8.74. The minimum Gasteiger partial charge on any atom is -0.486 e. The Morgan fingerprint density at radius 3 is 2.80 bits per heavy atom. The van der Waals surface area contributed by atoms with Gasteiger partial charge in [0, 0.05) is 11.7 Å². The number of nitrogen functional groups attached to an aromatic ring is 1. The summed E-state index contributed by atoms with van der Waals surface area (Å²) in [7, 11) is 0. The van der Waals surface area contributed by atoms with E-state index in [0.29, 0.717) is 16.7 Å². The van der Waals surface area contributed by atoms with Crippen molar-refractivity contribution in [1.82, 2.24) is 14.9 Å². The molecular weight excluding hydrogens is 405 g/mol. The molecule has 9 heteroatoms. The highest BCUT2D eigenvalue weighted by Crippen LogP contribution is 2.31. The number of hydrogen-bond acceptors (Lipinski definition) is 6. The number of nitrogens with zero attached hydrogens (tertiary/aromatic N) is 4. The molecule has 30 heavy (non-hydrogen) atoms. The van der Waals surface area contributed by atoms with Crippen molar-refractivity contribution in [2.75, 3.05) is 16.5 Å². The minimum absolute atomic E-state index is 0.00626. The maximum absolute atomic E-state index is 13.0. The first-order valence-electron chi connectivity index (χ1n) is 9.63. The summed E-state index contributed by atoms with van der Waals surface area (Å²) in [5.74, 6) is 6.85. The van der Waals surface area contributed by atoms with E-state index in [1.54, 1.807) is 0 Å². The minimum atomic E-state index is -0.335. The van der Waals surface area contributed by atoms with Gasteiger partial charge in [-0.15, -0.1) is 10.2 Å². The summed E-state index contributed by atoms with van der Waals surface area (Å²) < 4.78 is 19.8. The number of halogens is 1. The lowest BCUT2D eigenvalue weighted by Gasteiger charge is -2.35. The van der Waals surface area contributed by atoms with Gasteiger partial charge in [0.2, 0.25) is 11.1 Å². The monoisotopic (exact) mass is 427 g/mol. The number of ether oxygens (including phenoxy) is 1. The lowest BCUT2D eigenvalue weighted by atomic mass is 9.97. The smallest absolute Gasteiger partial charge is 0.237 e. The van der Waals surface area contributed by atoms with Gasteiger partial charge in [0.1, 0.15) is 18.2 Å². The molecule has 1 aliphatic heterocycles.